The highest BCUT2D eigenvalue weighted by Gasteiger charge is 2.21. The highest BCUT2D eigenvalue weighted by atomic mass is 127. The monoisotopic (exact) mass is 558 g/mol. The number of hydrogen-bond donors (Lipinski definition) is 3. The number of nitrogens with one attached hydrogen (secondary N) is 3. The quantitative estimate of drug-likeness (QED) is 0.249. The molecule has 31 heavy (non-hydrogen) atoms. The molecule has 0 bridgehead atoms. The first-order chi connectivity index (χ1) is 14.1. The lowest BCUT2D eigenvalue weighted by Gasteiger charge is -2.31. The zero-order valence-electron chi connectivity index (χ0n) is 19.0. The highest BCUT2D eigenvalue weighted by molar-refractivity contribution is 14.0. The van der Waals surface area contributed by atoms with E-state index in [4.69, 9.17) is 0 Å². The van der Waals surface area contributed by atoms with Crippen LogP contribution in [0.5, 0.6) is 0 Å². The van der Waals surface area contributed by atoms with E-state index < -0.39 is 9.84 Å². The SMILES string of the molecule is CN=C(NCCc1ccc(S(C)(=O)=O)cc1)NCC(C)(C)NC(C)c1ccccc1.I. The Balaban J connectivity index is 0.00000480. The lowest BCUT2D eigenvalue weighted by Crippen LogP contribution is -2.52. The van der Waals surface area contributed by atoms with Gasteiger partial charge < -0.3 is 16.0 Å². The van der Waals surface area contributed by atoms with Crippen molar-refractivity contribution in [3.63, 3.8) is 0 Å². The highest BCUT2D eigenvalue weighted by Crippen LogP contribution is 2.15. The second-order valence-corrected chi connectivity index (χ2v) is 10.2. The Morgan fingerprint density at radius 2 is 1.65 bits per heavy atom. The van der Waals surface area contributed by atoms with Gasteiger partial charge in [0.25, 0.3) is 0 Å². The third-order valence-corrected chi connectivity index (χ3v) is 6.01. The minimum absolute atomic E-state index is 0. The summed E-state index contributed by atoms with van der Waals surface area (Å²) in [5.74, 6) is 0.741. The van der Waals surface area contributed by atoms with Crippen LogP contribution < -0.4 is 16.0 Å². The van der Waals surface area contributed by atoms with Crippen molar-refractivity contribution in [2.75, 3.05) is 26.4 Å². The van der Waals surface area contributed by atoms with Crippen LogP contribution in [0.1, 0.15) is 37.9 Å². The molecule has 0 amide bonds. The van der Waals surface area contributed by atoms with Crippen LogP contribution in [0.2, 0.25) is 0 Å². The number of guanidine groups is 1. The van der Waals surface area contributed by atoms with Gasteiger partial charge in [-0.05, 0) is 50.5 Å². The van der Waals surface area contributed by atoms with Gasteiger partial charge in [-0.25, -0.2) is 8.42 Å². The first-order valence-electron chi connectivity index (χ1n) is 10.2. The Bertz CT molecular complexity index is 930. The van der Waals surface area contributed by atoms with E-state index in [2.05, 4.69) is 66.0 Å². The van der Waals surface area contributed by atoms with E-state index in [0.717, 1.165) is 17.9 Å². The smallest absolute Gasteiger partial charge is 0.191 e. The molecule has 0 saturated carbocycles. The molecule has 6 nitrogen and oxygen atoms in total. The molecule has 2 rings (SSSR count). The van der Waals surface area contributed by atoms with E-state index in [9.17, 15) is 8.42 Å². The molecule has 0 radical (unpaired) electrons. The molecule has 3 N–H and O–H groups in total. The molecule has 0 fully saturated rings. The molecule has 8 heteroatoms. The van der Waals surface area contributed by atoms with Gasteiger partial charge >= 0.3 is 0 Å². The van der Waals surface area contributed by atoms with Gasteiger partial charge in [0.15, 0.2) is 15.8 Å². The van der Waals surface area contributed by atoms with Crippen molar-refractivity contribution in [3.8, 4) is 0 Å². The topological polar surface area (TPSA) is 82.6 Å². The Labute approximate surface area is 204 Å². The molecule has 0 aliphatic rings. The molecule has 0 saturated heterocycles. The van der Waals surface area contributed by atoms with Crippen LogP contribution >= 0.6 is 24.0 Å². The predicted molar refractivity (Wildman–Crippen MR) is 140 cm³/mol. The molecule has 0 aromatic heterocycles. The van der Waals surface area contributed by atoms with Gasteiger partial charge in [0.1, 0.15) is 0 Å². The van der Waals surface area contributed by atoms with Crippen molar-refractivity contribution >= 4 is 39.8 Å². The largest absolute Gasteiger partial charge is 0.356 e. The number of rotatable bonds is 9. The summed E-state index contributed by atoms with van der Waals surface area (Å²) in [6, 6.07) is 17.6. The van der Waals surface area contributed by atoms with Gasteiger partial charge in [0, 0.05) is 38.0 Å². The Kier molecular flexibility index (Phi) is 11.0. The van der Waals surface area contributed by atoms with Crippen LogP contribution in [0, 0.1) is 0 Å². The first kappa shape index (κ1) is 27.4. The van der Waals surface area contributed by atoms with Crippen molar-refractivity contribution in [1.82, 2.24) is 16.0 Å². The maximum atomic E-state index is 11.5. The van der Waals surface area contributed by atoms with E-state index in [0.29, 0.717) is 18.0 Å². The zero-order chi connectivity index (χ0) is 22.2. The summed E-state index contributed by atoms with van der Waals surface area (Å²) in [6.45, 7) is 7.91. The van der Waals surface area contributed by atoms with Crippen LogP contribution in [0.4, 0.5) is 0 Å². The second-order valence-electron chi connectivity index (χ2n) is 8.18. The van der Waals surface area contributed by atoms with E-state index in [1.54, 1.807) is 19.2 Å². The fraction of sp³-hybridized carbons (Fsp3) is 0.435. The molecular weight excluding hydrogens is 523 g/mol. The van der Waals surface area contributed by atoms with Crippen molar-refractivity contribution in [3.05, 3.63) is 65.7 Å². The number of aliphatic imine (C=N–C) groups is 1. The summed E-state index contributed by atoms with van der Waals surface area (Å²) in [7, 11) is -1.40. The average molecular weight is 559 g/mol. The minimum atomic E-state index is -3.16. The van der Waals surface area contributed by atoms with E-state index in [-0.39, 0.29) is 35.6 Å². The summed E-state index contributed by atoms with van der Waals surface area (Å²) < 4.78 is 23.1. The summed E-state index contributed by atoms with van der Waals surface area (Å²) in [6.07, 6.45) is 1.99. The van der Waals surface area contributed by atoms with Gasteiger partial charge in [0.2, 0.25) is 0 Å². The molecule has 172 valence electrons. The average Bonchev–Trinajstić information content (AvgIpc) is 2.70. The van der Waals surface area contributed by atoms with Gasteiger partial charge in [-0.15, -0.1) is 24.0 Å². The van der Waals surface area contributed by atoms with E-state index in [1.807, 2.05) is 18.2 Å². The van der Waals surface area contributed by atoms with Crippen molar-refractivity contribution in [1.29, 1.82) is 0 Å². The lowest BCUT2D eigenvalue weighted by atomic mass is 10.0. The molecule has 0 heterocycles. The van der Waals surface area contributed by atoms with Gasteiger partial charge in [-0.2, -0.15) is 0 Å². The summed E-state index contributed by atoms with van der Waals surface area (Å²) in [5.41, 5.74) is 2.20. The number of halogens is 1. The van der Waals surface area contributed by atoms with Gasteiger partial charge in [-0.1, -0.05) is 42.5 Å². The Morgan fingerprint density at radius 3 is 2.19 bits per heavy atom. The second kappa shape index (κ2) is 12.4. The molecule has 2 aromatic rings. The number of benzene rings is 2. The van der Waals surface area contributed by atoms with Gasteiger partial charge in [-0.3, -0.25) is 4.99 Å². The Morgan fingerprint density at radius 1 is 1.03 bits per heavy atom. The van der Waals surface area contributed by atoms with Crippen LogP contribution in [0.3, 0.4) is 0 Å². The van der Waals surface area contributed by atoms with Crippen LogP contribution in [-0.4, -0.2) is 46.3 Å². The molecule has 0 aliphatic heterocycles. The van der Waals surface area contributed by atoms with E-state index in [1.165, 1.54) is 11.8 Å². The summed E-state index contributed by atoms with van der Waals surface area (Å²) in [5, 5.41) is 10.3. The molecule has 0 spiro atoms. The van der Waals surface area contributed by atoms with Crippen LogP contribution in [-0.2, 0) is 16.3 Å². The molecular formula is C23H35IN4O2S. The zero-order valence-corrected chi connectivity index (χ0v) is 22.1. The third kappa shape index (κ3) is 9.57. The maximum Gasteiger partial charge on any atom is 0.191 e. The molecule has 2 aromatic carbocycles. The molecule has 1 unspecified atom stereocenters. The van der Waals surface area contributed by atoms with Crippen LogP contribution in [0.25, 0.3) is 0 Å². The van der Waals surface area contributed by atoms with Crippen molar-refractivity contribution < 1.29 is 8.42 Å². The molecule has 0 aliphatic carbocycles. The third-order valence-electron chi connectivity index (χ3n) is 4.89. The fourth-order valence-corrected chi connectivity index (χ4v) is 3.85. The normalized spacial score (nSPS) is 13.3. The van der Waals surface area contributed by atoms with E-state index >= 15 is 0 Å². The minimum Gasteiger partial charge on any atom is -0.356 e. The molecule has 1 atom stereocenters. The standard InChI is InChI=1S/C23H34N4O2S.HI/c1-18(20-9-7-6-8-10-20)27-23(2,3)17-26-22(24-4)25-16-15-19-11-13-21(14-12-19)30(5,28)29;/h6-14,18,27H,15-17H2,1-5H3,(H2,24,25,26);1H. The number of sulfone groups is 1. The Hall–Kier alpha value is -1.65. The first-order valence-corrected chi connectivity index (χ1v) is 12.1. The van der Waals surface area contributed by atoms with Crippen LogP contribution in [0.15, 0.2) is 64.5 Å². The fourth-order valence-electron chi connectivity index (χ4n) is 3.22. The number of nitrogens with zero attached hydrogens (tertiary/aromatic N) is 1. The lowest BCUT2D eigenvalue weighted by molar-refractivity contribution is 0.345. The van der Waals surface area contributed by atoms with Gasteiger partial charge in [0.05, 0.1) is 4.90 Å². The van der Waals surface area contributed by atoms with Crippen molar-refractivity contribution in [2.45, 2.75) is 43.7 Å². The maximum absolute atomic E-state index is 11.5. The number of hydrogen-bond acceptors (Lipinski definition) is 4. The van der Waals surface area contributed by atoms with Crippen molar-refractivity contribution in [2.24, 2.45) is 4.99 Å². The summed E-state index contributed by atoms with van der Waals surface area (Å²) >= 11 is 0. The summed E-state index contributed by atoms with van der Waals surface area (Å²) in [4.78, 5) is 4.64. The predicted octanol–water partition coefficient (Wildman–Crippen LogP) is 3.55.